The summed E-state index contributed by atoms with van der Waals surface area (Å²) in [5, 5.41) is 3.41. The first-order valence-corrected chi connectivity index (χ1v) is 8.06. The van der Waals surface area contributed by atoms with Crippen LogP contribution in [0, 0.1) is 12.8 Å². The number of hydrogen-bond acceptors (Lipinski definition) is 3. The third kappa shape index (κ3) is 2.27. The van der Waals surface area contributed by atoms with Crippen molar-refractivity contribution >= 4 is 5.91 Å². The molecule has 1 aromatic rings. The quantitative estimate of drug-likeness (QED) is 0.895. The second kappa shape index (κ2) is 5.11. The van der Waals surface area contributed by atoms with Gasteiger partial charge in [-0.1, -0.05) is 29.8 Å². The van der Waals surface area contributed by atoms with Crippen LogP contribution in [0.1, 0.15) is 30.1 Å². The average Bonchev–Trinajstić information content (AvgIpc) is 2.91. The number of nitrogens with one attached hydrogen (secondary N) is 1. The third-order valence-electron chi connectivity index (χ3n) is 5.38. The van der Waals surface area contributed by atoms with E-state index in [0.29, 0.717) is 18.5 Å². The zero-order valence-electron chi connectivity index (χ0n) is 12.6. The van der Waals surface area contributed by atoms with E-state index in [-0.39, 0.29) is 12.1 Å². The van der Waals surface area contributed by atoms with E-state index in [4.69, 9.17) is 0 Å². The highest BCUT2D eigenvalue weighted by Gasteiger charge is 2.44. The first-order chi connectivity index (χ1) is 10.2. The summed E-state index contributed by atoms with van der Waals surface area (Å²) in [6, 6.07) is 8.96. The topological polar surface area (TPSA) is 35.6 Å². The number of hydrogen-bond donors (Lipinski definition) is 1. The lowest BCUT2D eigenvalue weighted by molar-refractivity contribution is -0.135. The highest BCUT2D eigenvalue weighted by atomic mass is 16.2. The van der Waals surface area contributed by atoms with E-state index >= 15 is 0 Å². The summed E-state index contributed by atoms with van der Waals surface area (Å²) in [4.78, 5) is 17.1. The number of amides is 1. The summed E-state index contributed by atoms with van der Waals surface area (Å²) in [5.41, 5.74) is 2.47. The normalized spacial score (nSPS) is 35.5. The molecule has 1 aromatic carbocycles. The van der Waals surface area contributed by atoms with E-state index in [9.17, 15) is 4.79 Å². The Bertz CT molecular complexity index is 533. The lowest BCUT2D eigenvalue weighted by atomic mass is 9.83. The van der Waals surface area contributed by atoms with Crippen LogP contribution in [-0.4, -0.2) is 47.9 Å². The Morgan fingerprint density at radius 3 is 2.48 bits per heavy atom. The molecule has 4 saturated heterocycles. The molecule has 2 bridgehead atoms. The van der Waals surface area contributed by atoms with Gasteiger partial charge >= 0.3 is 0 Å². The second-order valence-corrected chi connectivity index (χ2v) is 6.70. The van der Waals surface area contributed by atoms with Crippen LogP contribution in [0.4, 0.5) is 0 Å². The molecular formula is C17H23N3O. The van der Waals surface area contributed by atoms with Gasteiger partial charge in [0, 0.05) is 12.6 Å². The first-order valence-electron chi connectivity index (χ1n) is 8.06. The highest BCUT2D eigenvalue weighted by molar-refractivity contribution is 5.81. The van der Waals surface area contributed by atoms with E-state index in [2.05, 4.69) is 46.3 Å². The van der Waals surface area contributed by atoms with Crippen LogP contribution < -0.4 is 5.32 Å². The van der Waals surface area contributed by atoms with Crippen LogP contribution in [0.5, 0.6) is 0 Å². The van der Waals surface area contributed by atoms with Gasteiger partial charge in [0.05, 0.1) is 6.54 Å². The van der Waals surface area contributed by atoms with Crippen molar-refractivity contribution in [2.45, 2.75) is 32.0 Å². The van der Waals surface area contributed by atoms with Crippen LogP contribution in [0.2, 0.25) is 0 Å². The van der Waals surface area contributed by atoms with Crippen molar-refractivity contribution in [3.8, 4) is 0 Å². The first kappa shape index (κ1) is 13.3. The molecule has 21 heavy (non-hydrogen) atoms. The minimum Gasteiger partial charge on any atom is -0.317 e. The fraction of sp³-hybridized carbons (Fsp3) is 0.588. The van der Waals surface area contributed by atoms with E-state index in [0.717, 1.165) is 6.54 Å². The molecular weight excluding hydrogens is 262 g/mol. The smallest absolute Gasteiger partial charge is 0.238 e. The van der Waals surface area contributed by atoms with Gasteiger partial charge in [0.15, 0.2) is 0 Å². The van der Waals surface area contributed by atoms with Gasteiger partial charge in [-0.2, -0.15) is 0 Å². The monoisotopic (exact) mass is 285 g/mol. The predicted octanol–water partition coefficient (Wildman–Crippen LogP) is 1.52. The molecule has 4 nitrogen and oxygen atoms in total. The fourth-order valence-electron chi connectivity index (χ4n) is 4.17. The number of fused-ring (bicyclic) bond motifs is 3. The molecule has 0 radical (unpaired) electrons. The van der Waals surface area contributed by atoms with Gasteiger partial charge in [-0.05, 0) is 44.3 Å². The van der Waals surface area contributed by atoms with Gasteiger partial charge in [0.25, 0.3) is 0 Å². The minimum absolute atomic E-state index is 0.0589. The van der Waals surface area contributed by atoms with Gasteiger partial charge < -0.3 is 9.80 Å². The molecule has 4 heteroatoms. The Morgan fingerprint density at radius 1 is 1.14 bits per heavy atom. The van der Waals surface area contributed by atoms with E-state index in [1.54, 1.807) is 0 Å². The molecule has 4 aliphatic heterocycles. The standard InChI is InChI=1S/C17H23N3O/c1-12-2-4-14(5-3-12)17-18-10-16(21)20(17)15-11-19-8-6-13(15)7-9-19/h2-5,13,15,17-18H,6-11H2,1H3. The van der Waals surface area contributed by atoms with Crippen molar-refractivity contribution in [2.75, 3.05) is 26.2 Å². The number of nitrogens with zero attached hydrogens (tertiary/aromatic N) is 2. The van der Waals surface area contributed by atoms with Crippen molar-refractivity contribution in [2.24, 2.45) is 5.92 Å². The molecule has 2 unspecified atom stereocenters. The van der Waals surface area contributed by atoms with Crippen molar-refractivity contribution < 1.29 is 4.79 Å². The van der Waals surface area contributed by atoms with E-state index < -0.39 is 0 Å². The molecule has 2 atom stereocenters. The predicted molar refractivity (Wildman–Crippen MR) is 81.7 cm³/mol. The van der Waals surface area contributed by atoms with Gasteiger partial charge in [0.1, 0.15) is 6.17 Å². The lowest BCUT2D eigenvalue weighted by Crippen LogP contribution is -2.58. The average molecular weight is 285 g/mol. The number of carbonyl (C=O) groups is 1. The Hall–Kier alpha value is -1.39. The summed E-state index contributed by atoms with van der Waals surface area (Å²) >= 11 is 0. The van der Waals surface area contributed by atoms with Gasteiger partial charge in [-0.15, -0.1) is 0 Å². The largest absolute Gasteiger partial charge is 0.317 e. The molecule has 0 saturated carbocycles. The van der Waals surface area contributed by atoms with Crippen LogP contribution in [0.3, 0.4) is 0 Å². The molecule has 0 spiro atoms. The minimum atomic E-state index is 0.0589. The third-order valence-corrected chi connectivity index (χ3v) is 5.38. The maximum Gasteiger partial charge on any atom is 0.238 e. The SMILES string of the molecule is Cc1ccc(C2NCC(=O)N2C2CN3CCC2CC3)cc1. The molecule has 1 N–H and O–H groups in total. The molecule has 0 aliphatic carbocycles. The van der Waals surface area contributed by atoms with Crippen molar-refractivity contribution in [3.63, 3.8) is 0 Å². The van der Waals surface area contributed by atoms with Gasteiger partial charge in [0.2, 0.25) is 5.91 Å². The second-order valence-electron chi connectivity index (χ2n) is 6.70. The summed E-state index contributed by atoms with van der Waals surface area (Å²) in [6.45, 7) is 6.06. The van der Waals surface area contributed by atoms with Crippen LogP contribution in [-0.2, 0) is 4.79 Å². The van der Waals surface area contributed by atoms with E-state index in [1.165, 1.54) is 37.1 Å². The zero-order chi connectivity index (χ0) is 14.4. The lowest BCUT2D eigenvalue weighted by Gasteiger charge is -2.49. The molecule has 1 amide bonds. The summed E-state index contributed by atoms with van der Waals surface area (Å²) in [6.07, 6.45) is 2.55. The Balaban J connectivity index is 1.62. The molecule has 112 valence electrons. The maximum atomic E-state index is 12.4. The number of rotatable bonds is 2. The molecule has 4 aliphatic rings. The van der Waals surface area contributed by atoms with Crippen LogP contribution >= 0.6 is 0 Å². The number of piperidine rings is 3. The zero-order valence-corrected chi connectivity index (χ0v) is 12.6. The number of aryl methyl sites for hydroxylation is 1. The molecule has 0 aromatic heterocycles. The van der Waals surface area contributed by atoms with Crippen molar-refractivity contribution in [1.29, 1.82) is 0 Å². The summed E-state index contributed by atoms with van der Waals surface area (Å²) in [7, 11) is 0. The van der Waals surface area contributed by atoms with E-state index in [1.807, 2.05) is 0 Å². The van der Waals surface area contributed by atoms with Gasteiger partial charge in [-0.25, -0.2) is 0 Å². The Morgan fingerprint density at radius 2 is 1.86 bits per heavy atom. The summed E-state index contributed by atoms with van der Waals surface area (Å²) in [5.74, 6) is 0.950. The number of benzene rings is 1. The fourth-order valence-corrected chi connectivity index (χ4v) is 4.17. The molecule has 4 heterocycles. The van der Waals surface area contributed by atoms with Crippen molar-refractivity contribution in [1.82, 2.24) is 15.1 Å². The van der Waals surface area contributed by atoms with Crippen LogP contribution in [0.15, 0.2) is 24.3 Å². The Kier molecular flexibility index (Phi) is 3.23. The van der Waals surface area contributed by atoms with Crippen LogP contribution in [0.25, 0.3) is 0 Å². The number of carbonyl (C=O) groups excluding carboxylic acids is 1. The summed E-state index contributed by atoms with van der Waals surface area (Å²) < 4.78 is 0. The molecule has 4 fully saturated rings. The highest BCUT2D eigenvalue weighted by Crippen LogP contribution is 2.36. The van der Waals surface area contributed by atoms with Crippen molar-refractivity contribution in [3.05, 3.63) is 35.4 Å². The maximum absolute atomic E-state index is 12.4. The van der Waals surface area contributed by atoms with Gasteiger partial charge in [-0.3, -0.25) is 10.1 Å². The molecule has 5 rings (SSSR count). The Labute approximate surface area is 126 Å².